The number of thiazole rings is 1. The van der Waals surface area contributed by atoms with E-state index >= 15 is 4.39 Å². The lowest BCUT2D eigenvalue weighted by atomic mass is 9.84. The Balaban J connectivity index is 1.41. The van der Waals surface area contributed by atoms with E-state index in [1.54, 1.807) is 5.38 Å². The monoisotopic (exact) mass is 573 g/mol. The van der Waals surface area contributed by atoms with Crippen LogP contribution in [0.2, 0.25) is 0 Å². The second-order valence-electron chi connectivity index (χ2n) is 9.42. The molecule has 0 amide bonds. The molecular weight excluding hydrogens is 549 g/mol. The molecule has 0 aliphatic carbocycles. The first-order valence-corrected chi connectivity index (χ1v) is 14.3. The minimum absolute atomic E-state index is 0.0781. The Morgan fingerprint density at radius 1 is 1.13 bits per heavy atom. The molecule has 3 heterocycles. The third-order valence-electron chi connectivity index (χ3n) is 7.06. The number of likely N-dealkylation sites (tertiary alicyclic amines) is 1. The summed E-state index contributed by atoms with van der Waals surface area (Å²) in [6, 6.07) is 7.11. The van der Waals surface area contributed by atoms with Gasteiger partial charge in [-0.05, 0) is 49.6 Å². The zero-order chi connectivity index (χ0) is 27.1. The van der Waals surface area contributed by atoms with Gasteiger partial charge >= 0.3 is 6.18 Å². The summed E-state index contributed by atoms with van der Waals surface area (Å²) in [5.41, 5.74) is 1.03. The van der Waals surface area contributed by atoms with Crippen LogP contribution in [-0.4, -0.2) is 44.2 Å². The third kappa shape index (κ3) is 5.64. The van der Waals surface area contributed by atoms with Crippen molar-refractivity contribution >= 4 is 26.5 Å². The second kappa shape index (κ2) is 10.4. The number of hydrogen-bond donors (Lipinski definition) is 1. The fourth-order valence-electron chi connectivity index (χ4n) is 5.14. The van der Waals surface area contributed by atoms with Crippen molar-refractivity contribution < 1.29 is 35.1 Å². The molecule has 2 aliphatic heterocycles. The van der Waals surface area contributed by atoms with Gasteiger partial charge in [-0.1, -0.05) is 12.1 Å². The highest BCUT2D eigenvalue weighted by molar-refractivity contribution is 7.93. The molecule has 204 valence electrons. The molecule has 13 heteroatoms. The number of halogens is 5. The average Bonchev–Trinajstić information content (AvgIpc) is 3.36. The fraction of sp³-hybridized carbons (Fsp3) is 0.400. The summed E-state index contributed by atoms with van der Waals surface area (Å²) in [7, 11) is -4.27. The van der Waals surface area contributed by atoms with Crippen LogP contribution in [0.4, 0.5) is 27.1 Å². The Labute approximate surface area is 220 Å². The van der Waals surface area contributed by atoms with E-state index in [4.69, 9.17) is 4.74 Å². The van der Waals surface area contributed by atoms with E-state index < -0.39 is 44.7 Å². The zero-order valence-corrected chi connectivity index (χ0v) is 21.6. The van der Waals surface area contributed by atoms with Crippen LogP contribution in [0.5, 0.6) is 5.75 Å². The van der Waals surface area contributed by atoms with Crippen LogP contribution in [0.3, 0.4) is 0 Å². The summed E-state index contributed by atoms with van der Waals surface area (Å²) in [6.07, 6.45) is -2.70. The van der Waals surface area contributed by atoms with Gasteiger partial charge in [0.1, 0.15) is 22.3 Å². The maximum absolute atomic E-state index is 15.1. The Hall–Kier alpha value is -2.77. The highest BCUT2D eigenvalue weighted by Gasteiger charge is 2.45. The summed E-state index contributed by atoms with van der Waals surface area (Å²) in [6.45, 7) is 0.709. The van der Waals surface area contributed by atoms with Gasteiger partial charge in [-0.3, -0.25) is 9.62 Å². The number of rotatable bonds is 6. The summed E-state index contributed by atoms with van der Waals surface area (Å²) in [5.74, 6) is -3.01. The number of hydrogen-bond acceptors (Lipinski definition) is 6. The van der Waals surface area contributed by atoms with E-state index in [-0.39, 0.29) is 42.8 Å². The lowest BCUT2D eigenvalue weighted by molar-refractivity contribution is -0.190. The van der Waals surface area contributed by atoms with Crippen LogP contribution >= 0.6 is 11.3 Å². The van der Waals surface area contributed by atoms with Crippen molar-refractivity contribution in [3.63, 3.8) is 0 Å². The van der Waals surface area contributed by atoms with Gasteiger partial charge in [-0.2, -0.15) is 13.2 Å². The summed E-state index contributed by atoms with van der Waals surface area (Å²) < 4.78 is 103. The van der Waals surface area contributed by atoms with Crippen molar-refractivity contribution in [2.75, 3.05) is 24.4 Å². The molecule has 1 N–H and O–H groups in total. The largest absolute Gasteiger partial charge is 0.493 e. The highest BCUT2D eigenvalue weighted by atomic mass is 32.2. The molecule has 0 unspecified atom stereocenters. The topological polar surface area (TPSA) is 71.5 Å². The number of anilines is 1. The third-order valence-corrected chi connectivity index (χ3v) is 9.23. The fourth-order valence-corrected chi connectivity index (χ4v) is 7.01. The van der Waals surface area contributed by atoms with Crippen LogP contribution < -0.4 is 9.46 Å². The number of sulfonamides is 1. The Bertz CT molecular complexity index is 1380. The lowest BCUT2D eigenvalue weighted by Crippen LogP contribution is -2.43. The Morgan fingerprint density at radius 2 is 1.89 bits per heavy atom. The number of aromatic nitrogens is 1. The van der Waals surface area contributed by atoms with Crippen molar-refractivity contribution in [3.8, 4) is 5.75 Å². The molecule has 0 saturated carbocycles. The zero-order valence-electron chi connectivity index (χ0n) is 19.9. The van der Waals surface area contributed by atoms with Gasteiger partial charge in [0.05, 0.1) is 12.5 Å². The Kier molecular flexibility index (Phi) is 7.35. The number of benzene rings is 2. The number of nitrogens with one attached hydrogen (secondary N) is 1. The Morgan fingerprint density at radius 3 is 2.58 bits per heavy atom. The summed E-state index contributed by atoms with van der Waals surface area (Å²) in [5, 5.41) is 1.67. The molecule has 0 spiro atoms. The van der Waals surface area contributed by atoms with E-state index in [9.17, 15) is 26.0 Å². The number of alkyl halides is 3. The van der Waals surface area contributed by atoms with Crippen LogP contribution in [0.1, 0.15) is 42.3 Å². The average molecular weight is 574 g/mol. The van der Waals surface area contributed by atoms with E-state index in [2.05, 4.69) is 9.71 Å². The van der Waals surface area contributed by atoms with Crippen LogP contribution in [0.25, 0.3) is 0 Å². The van der Waals surface area contributed by atoms with Gasteiger partial charge in [0.2, 0.25) is 0 Å². The molecular formula is C25H24F5N3O3S2. The van der Waals surface area contributed by atoms with E-state index in [1.165, 1.54) is 30.5 Å². The quantitative estimate of drug-likeness (QED) is 0.361. The minimum atomic E-state index is -4.34. The molecule has 38 heavy (non-hydrogen) atoms. The van der Waals surface area contributed by atoms with Crippen molar-refractivity contribution in [3.05, 3.63) is 70.7 Å². The normalized spacial score (nSPS) is 22.5. The molecule has 2 aliphatic rings. The molecule has 1 fully saturated rings. The van der Waals surface area contributed by atoms with Crippen LogP contribution in [0, 0.1) is 17.6 Å². The molecule has 1 aromatic heterocycles. The predicted octanol–water partition coefficient (Wildman–Crippen LogP) is 6.10. The van der Waals surface area contributed by atoms with Gasteiger partial charge in [0.15, 0.2) is 5.13 Å². The van der Waals surface area contributed by atoms with Crippen LogP contribution in [0.15, 0.2) is 52.9 Å². The van der Waals surface area contributed by atoms with Gasteiger partial charge in [0.25, 0.3) is 10.0 Å². The SMILES string of the molecule is O=S(=O)(Nc1nccs1)c1cc2c(cc1F)[C@H](CN1CC[C@@H](C(F)(F)F)C[C@H]1c1ccc(F)cc1)CCO2. The maximum atomic E-state index is 15.1. The van der Waals surface area contributed by atoms with Gasteiger partial charge < -0.3 is 4.74 Å². The number of ether oxygens (including phenoxy) is 1. The van der Waals surface area contributed by atoms with E-state index in [0.29, 0.717) is 24.1 Å². The van der Waals surface area contributed by atoms with Crippen molar-refractivity contribution in [2.24, 2.45) is 5.92 Å². The first-order valence-electron chi connectivity index (χ1n) is 12.0. The van der Waals surface area contributed by atoms with E-state index in [0.717, 1.165) is 23.5 Å². The predicted molar refractivity (Wildman–Crippen MR) is 132 cm³/mol. The first kappa shape index (κ1) is 26.8. The first-order chi connectivity index (χ1) is 18.0. The number of fused-ring (bicyclic) bond motifs is 1. The van der Waals surface area contributed by atoms with Crippen molar-refractivity contribution in [1.29, 1.82) is 0 Å². The lowest BCUT2D eigenvalue weighted by Gasteiger charge is -2.42. The van der Waals surface area contributed by atoms with Gasteiger partial charge in [-0.15, -0.1) is 11.3 Å². The number of piperidine rings is 1. The molecule has 0 radical (unpaired) electrons. The molecule has 3 aromatic rings. The number of nitrogens with zero attached hydrogens (tertiary/aromatic N) is 2. The molecule has 6 nitrogen and oxygen atoms in total. The molecule has 3 atom stereocenters. The highest BCUT2D eigenvalue weighted by Crippen LogP contribution is 2.44. The van der Waals surface area contributed by atoms with Crippen molar-refractivity contribution in [1.82, 2.24) is 9.88 Å². The molecule has 5 rings (SSSR count). The van der Waals surface area contributed by atoms with Crippen LogP contribution in [-0.2, 0) is 10.0 Å². The van der Waals surface area contributed by atoms with E-state index in [1.807, 2.05) is 4.90 Å². The molecule has 1 saturated heterocycles. The second-order valence-corrected chi connectivity index (χ2v) is 12.0. The minimum Gasteiger partial charge on any atom is -0.493 e. The summed E-state index contributed by atoms with van der Waals surface area (Å²) in [4.78, 5) is 5.19. The molecule has 0 bridgehead atoms. The van der Waals surface area contributed by atoms with Crippen molar-refractivity contribution in [2.45, 2.75) is 42.3 Å². The molecule has 2 aromatic carbocycles. The van der Waals surface area contributed by atoms with Gasteiger partial charge in [0, 0.05) is 41.7 Å². The maximum Gasteiger partial charge on any atom is 0.391 e. The smallest absolute Gasteiger partial charge is 0.391 e. The summed E-state index contributed by atoms with van der Waals surface area (Å²) >= 11 is 1.05. The standard InChI is InChI=1S/C25H24F5N3O3S2/c26-18-3-1-15(2-4-18)21-11-17(25(28,29)30)5-8-33(21)14-16-6-9-36-22-13-23(20(27)12-19(16)22)38(34,35)32-24-31-7-10-37-24/h1-4,7,10,12-13,16-17,21H,5-6,8-9,11,14H2,(H,31,32)/t16-,17+,21-/m0/s1. The van der Waals surface area contributed by atoms with Gasteiger partial charge in [-0.25, -0.2) is 22.2 Å².